The molecule has 10 nitrogen and oxygen atoms in total. The maximum Gasteiger partial charge on any atom is 0.407 e. The van der Waals surface area contributed by atoms with Crippen molar-refractivity contribution in [3.05, 3.63) is 26.4 Å². The highest BCUT2D eigenvalue weighted by Gasteiger charge is 2.29. The van der Waals surface area contributed by atoms with Crippen molar-refractivity contribution in [2.45, 2.75) is 45.2 Å². The fourth-order valence-electron chi connectivity index (χ4n) is 3.05. The quantitative estimate of drug-likeness (QED) is 0.435. The number of aromatic hydroxyl groups is 1. The molecular weight excluding hydrogens is 330 g/mol. The number of nitrogens with one attached hydrogen (secondary N) is 1. The van der Waals surface area contributed by atoms with Crippen LogP contribution in [0, 0.1) is 5.41 Å². The first-order chi connectivity index (χ1) is 11.8. The van der Waals surface area contributed by atoms with Crippen LogP contribution in [0.5, 0.6) is 5.88 Å². The van der Waals surface area contributed by atoms with Crippen molar-refractivity contribution >= 4 is 11.9 Å². The summed E-state index contributed by atoms with van der Waals surface area (Å²) >= 11 is 0. The third-order valence-electron chi connectivity index (χ3n) is 4.45. The van der Waals surface area contributed by atoms with Gasteiger partial charge in [-0.1, -0.05) is 13.3 Å². The van der Waals surface area contributed by atoms with E-state index in [9.17, 15) is 19.5 Å². The molecule has 1 aromatic rings. The van der Waals surface area contributed by atoms with E-state index in [-0.39, 0.29) is 19.6 Å². The standard InChI is InChI=1S/C15H23N5O5/c1-2-3-6-19-12(21)10(11(16)17)13(22)20(14(19)23)9-4-7-18(8-5-9)15(24)25/h9,21H,2-8H2,1H3,(H3,16,17)(H,24,25). The number of amides is 1. The lowest BCUT2D eigenvalue weighted by molar-refractivity contribution is 0.124. The number of aromatic nitrogens is 2. The fraction of sp³-hybridized carbons (Fsp3) is 0.600. The second-order valence-corrected chi connectivity index (χ2v) is 6.08. The van der Waals surface area contributed by atoms with Gasteiger partial charge in [0, 0.05) is 25.7 Å². The smallest absolute Gasteiger partial charge is 0.407 e. The van der Waals surface area contributed by atoms with Crippen molar-refractivity contribution in [1.82, 2.24) is 14.0 Å². The van der Waals surface area contributed by atoms with Crippen molar-refractivity contribution in [2.24, 2.45) is 5.73 Å². The van der Waals surface area contributed by atoms with Crippen molar-refractivity contribution in [2.75, 3.05) is 13.1 Å². The summed E-state index contributed by atoms with van der Waals surface area (Å²) in [5, 5.41) is 26.8. The highest BCUT2D eigenvalue weighted by atomic mass is 16.4. The van der Waals surface area contributed by atoms with Crippen molar-refractivity contribution in [3.63, 3.8) is 0 Å². The summed E-state index contributed by atoms with van der Waals surface area (Å²) in [6, 6.07) is -0.498. The average molecular weight is 353 g/mol. The van der Waals surface area contributed by atoms with E-state index in [4.69, 9.17) is 16.2 Å². The van der Waals surface area contributed by atoms with Gasteiger partial charge in [-0.15, -0.1) is 0 Å². The third-order valence-corrected chi connectivity index (χ3v) is 4.45. The van der Waals surface area contributed by atoms with Crippen molar-refractivity contribution in [3.8, 4) is 5.88 Å². The summed E-state index contributed by atoms with van der Waals surface area (Å²) in [6.45, 7) is 2.54. The fourth-order valence-corrected chi connectivity index (χ4v) is 3.05. The molecule has 1 aliphatic heterocycles. The van der Waals surface area contributed by atoms with E-state index >= 15 is 0 Å². The van der Waals surface area contributed by atoms with Crippen LogP contribution in [0.4, 0.5) is 4.79 Å². The predicted octanol–water partition coefficient (Wildman–Crippen LogP) is 0.115. The molecule has 0 aliphatic carbocycles. The molecule has 0 saturated carbocycles. The number of hydrogen-bond acceptors (Lipinski definition) is 5. The molecule has 1 saturated heterocycles. The number of likely N-dealkylation sites (tertiary alicyclic amines) is 1. The van der Waals surface area contributed by atoms with E-state index in [1.807, 2.05) is 6.92 Å². The van der Waals surface area contributed by atoms with E-state index < -0.39 is 40.7 Å². The maximum atomic E-state index is 12.7. The number of nitrogens with zero attached hydrogens (tertiary/aromatic N) is 3. The molecule has 1 aromatic heterocycles. The lowest BCUT2D eigenvalue weighted by Gasteiger charge is -2.31. The molecule has 0 bridgehead atoms. The largest absolute Gasteiger partial charge is 0.494 e. The predicted molar refractivity (Wildman–Crippen MR) is 90.4 cm³/mol. The Labute approximate surface area is 143 Å². The van der Waals surface area contributed by atoms with Gasteiger partial charge in [0.1, 0.15) is 11.4 Å². The lowest BCUT2D eigenvalue weighted by atomic mass is 10.0. The Bertz CT molecular complexity index is 789. The molecule has 138 valence electrons. The van der Waals surface area contributed by atoms with E-state index in [1.165, 1.54) is 4.90 Å². The summed E-state index contributed by atoms with van der Waals surface area (Å²) in [5.74, 6) is -1.19. The van der Waals surface area contributed by atoms with Crippen LogP contribution in [0.25, 0.3) is 0 Å². The van der Waals surface area contributed by atoms with Crippen LogP contribution in [0.15, 0.2) is 9.59 Å². The normalized spacial score (nSPS) is 15.3. The highest BCUT2D eigenvalue weighted by molar-refractivity contribution is 5.96. The molecule has 5 N–H and O–H groups in total. The highest BCUT2D eigenvalue weighted by Crippen LogP contribution is 2.21. The summed E-state index contributed by atoms with van der Waals surface area (Å²) in [5.41, 5.74) is 3.57. The first-order valence-corrected chi connectivity index (χ1v) is 8.20. The summed E-state index contributed by atoms with van der Waals surface area (Å²) in [4.78, 5) is 37.6. The Morgan fingerprint density at radius 1 is 1.32 bits per heavy atom. The Balaban J connectivity index is 2.52. The topological polar surface area (TPSA) is 155 Å². The Kier molecular flexibility index (Phi) is 5.50. The van der Waals surface area contributed by atoms with Crippen LogP contribution >= 0.6 is 0 Å². The van der Waals surface area contributed by atoms with Gasteiger partial charge < -0.3 is 20.8 Å². The van der Waals surface area contributed by atoms with Crippen LogP contribution < -0.4 is 17.0 Å². The van der Waals surface area contributed by atoms with Gasteiger partial charge in [-0.05, 0) is 19.3 Å². The van der Waals surface area contributed by atoms with Crippen LogP contribution in [-0.4, -0.2) is 49.3 Å². The Hall–Kier alpha value is -2.78. The molecule has 0 aromatic carbocycles. The van der Waals surface area contributed by atoms with Crippen LogP contribution in [-0.2, 0) is 6.54 Å². The van der Waals surface area contributed by atoms with E-state index in [0.29, 0.717) is 19.3 Å². The minimum atomic E-state index is -1.04. The van der Waals surface area contributed by atoms with Crippen molar-refractivity contribution < 1.29 is 15.0 Å². The lowest BCUT2D eigenvalue weighted by Crippen LogP contribution is -2.48. The monoisotopic (exact) mass is 353 g/mol. The molecule has 25 heavy (non-hydrogen) atoms. The van der Waals surface area contributed by atoms with Gasteiger partial charge in [0.15, 0.2) is 0 Å². The van der Waals surface area contributed by atoms with Gasteiger partial charge in [0.2, 0.25) is 5.88 Å². The van der Waals surface area contributed by atoms with Gasteiger partial charge in [-0.25, -0.2) is 9.59 Å². The first-order valence-electron chi connectivity index (χ1n) is 8.20. The van der Waals surface area contributed by atoms with Gasteiger partial charge in [-0.2, -0.15) is 0 Å². The first kappa shape index (κ1) is 18.6. The molecule has 0 radical (unpaired) electrons. The number of piperidine rings is 1. The molecule has 1 amide bonds. The number of nitrogen functional groups attached to an aromatic ring is 1. The number of hydrogen-bond donors (Lipinski definition) is 4. The summed E-state index contributed by atoms with van der Waals surface area (Å²) in [7, 11) is 0. The van der Waals surface area contributed by atoms with Gasteiger partial charge in [0.05, 0.1) is 0 Å². The third kappa shape index (κ3) is 3.52. The maximum absolute atomic E-state index is 12.7. The van der Waals surface area contributed by atoms with Crippen molar-refractivity contribution in [1.29, 1.82) is 5.41 Å². The minimum absolute atomic E-state index is 0.204. The zero-order chi connectivity index (χ0) is 18.7. The molecule has 1 fully saturated rings. The molecule has 1 aliphatic rings. The number of unbranched alkanes of at least 4 members (excludes halogenated alkanes) is 1. The SMILES string of the molecule is CCCCn1c(O)c(C(=N)N)c(=O)n(C2CCN(C(=O)O)CC2)c1=O. The molecule has 0 spiro atoms. The van der Waals surface area contributed by atoms with E-state index in [0.717, 1.165) is 15.6 Å². The zero-order valence-corrected chi connectivity index (χ0v) is 14.1. The minimum Gasteiger partial charge on any atom is -0.494 e. The summed E-state index contributed by atoms with van der Waals surface area (Å²) < 4.78 is 2.07. The van der Waals surface area contributed by atoms with Crippen LogP contribution in [0.1, 0.15) is 44.2 Å². The molecular formula is C15H23N5O5. The summed E-state index contributed by atoms with van der Waals surface area (Å²) in [6.07, 6.45) is 0.952. The number of carbonyl (C=O) groups is 1. The van der Waals surface area contributed by atoms with Crippen LogP contribution in [0.3, 0.4) is 0 Å². The number of rotatable bonds is 5. The average Bonchev–Trinajstić information content (AvgIpc) is 2.54. The second kappa shape index (κ2) is 7.41. The zero-order valence-electron chi connectivity index (χ0n) is 14.1. The number of amidine groups is 1. The van der Waals surface area contributed by atoms with E-state index in [1.54, 1.807) is 0 Å². The van der Waals surface area contributed by atoms with Gasteiger partial charge >= 0.3 is 11.8 Å². The molecule has 0 atom stereocenters. The van der Waals surface area contributed by atoms with E-state index in [2.05, 4.69) is 0 Å². The molecule has 2 rings (SSSR count). The molecule has 10 heteroatoms. The van der Waals surface area contributed by atoms with Gasteiger partial charge in [0.25, 0.3) is 5.56 Å². The Morgan fingerprint density at radius 2 is 1.92 bits per heavy atom. The van der Waals surface area contributed by atoms with Crippen LogP contribution in [0.2, 0.25) is 0 Å². The Morgan fingerprint density at radius 3 is 2.40 bits per heavy atom. The number of nitrogens with two attached hydrogens (primary N) is 1. The van der Waals surface area contributed by atoms with Gasteiger partial charge in [-0.3, -0.25) is 19.3 Å². The second-order valence-electron chi connectivity index (χ2n) is 6.08. The number of carboxylic acid groups (broad SMARTS) is 1. The molecule has 0 unspecified atom stereocenters. The molecule has 2 heterocycles.